The summed E-state index contributed by atoms with van der Waals surface area (Å²) in [6.07, 6.45) is 3.80. The van der Waals surface area contributed by atoms with Crippen LogP contribution in [0.2, 0.25) is 5.02 Å². The van der Waals surface area contributed by atoms with Crippen molar-refractivity contribution in [3.05, 3.63) is 44.3 Å². The van der Waals surface area contributed by atoms with Gasteiger partial charge in [0.1, 0.15) is 0 Å². The van der Waals surface area contributed by atoms with Crippen molar-refractivity contribution in [1.29, 1.82) is 0 Å². The van der Waals surface area contributed by atoms with Crippen LogP contribution >= 0.6 is 43.5 Å². The molecule has 0 saturated heterocycles. The Morgan fingerprint density at radius 2 is 2.00 bits per heavy atom. The summed E-state index contributed by atoms with van der Waals surface area (Å²) in [5.74, 6) is 0. The highest BCUT2D eigenvalue weighted by molar-refractivity contribution is 9.11. The lowest BCUT2D eigenvalue weighted by Gasteiger charge is -2.08. The van der Waals surface area contributed by atoms with Gasteiger partial charge in [0, 0.05) is 26.7 Å². The largest absolute Gasteiger partial charge is 0.311 e. The van der Waals surface area contributed by atoms with Crippen molar-refractivity contribution in [2.75, 3.05) is 6.54 Å². The van der Waals surface area contributed by atoms with Gasteiger partial charge in [0.15, 0.2) is 0 Å². The number of nitrogens with one attached hydrogen (secondary N) is 1. The first-order chi connectivity index (χ1) is 8.61. The SMILES string of the molecule is CCNCc1cn(-c2c(Br)cc(Cl)cc2Br)cn1. The molecule has 18 heavy (non-hydrogen) atoms. The highest BCUT2D eigenvalue weighted by atomic mass is 79.9. The second-order valence-electron chi connectivity index (χ2n) is 3.77. The minimum Gasteiger partial charge on any atom is -0.311 e. The highest BCUT2D eigenvalue weighted by Gasteiger charge is 2.10. The Kier molecular flexibility index (Phi) is 4.84. The van der Waals surface area contributed by atoms with E-state index in [4.69, 9.17) is 11.6 Å². The van der Waals surface area contributed by atoms with Crippen molar-refractivity contribution in [2.24, 2.45) is 0 Å². The molecule has 0 spiro atoms. The normalized spacial score (nSPS) is 10.9. The molecular weight excluding hydrogens is 381 g/mol. The molecule has 0 radical (unpaired) electrons. The number of nitrogens with zero attached hydrogens (tertiary/aromatic N) is 2. The predicted molar refractivity (Wildman–Crippen MR) is 81.4 cm³/mol. The van der Waals surface area contributed by atoms with Crippen molar-refractivity contribution < 1.29 is 0 Å². The van der Waals surface area contributed by atoms with Crippen LogP contribution in [0.3, 0.4) is 0 Å². The first kappa shape index (κ1) is 14.1. The third-order valence-corrected chi connectivity index (χ3v) is 3.86. The Hall–Kier alpha value is -0.360. The van der Waals surface area contributed by atoms with Crippen LogP contribution in [-0.4, -0.2) is 16.1 Å². The van der Waals surface area contributed by atoms with Gasteiger partial charge in [-0.3, -0.25) is 0 Å². The molecule has 0 amide bonds. The van der Waals surface area contributed by atoms with Crippen LogP contribution in [0.25, 0.3) is 5.69 Å². The van der Waals surface area contributed by atoms with Crippen molar-refractivity contribution >= 4 is 43.5 Å². The van der Waals surface area contributed by atoms with Gasteiger partial charge in [0.2, 0.25) is 0 Å². The molecule has 0 aliphatic carbocycles. The van der Waals surface area contributed by atoms with Crippen LogP contribution < -0.4 is 5.32 Å². The van der Waals surface area contributed by atoms with Crippen molar-refractivity contribution in [3.8, 4) is 5.69 Å². The molecular formula is C12H12Br2ClN3. The molecule has 2 aromatic rings. The maximum atomic E-state index is 5.99. The van der Waals surface area contributed by atoms with Gasteiger partial charge in [-0.05, 0) is 50.5 Å². The molecule has 0 aliphatic rings. The summed E-state index contributed by atoms with van der Waals surface area (Å²) in [5.41, 5.74) is 2.00. The van der Waals surface area contributed by atoms with E-state index in [1.54, 1.807) is 6.33 Å². The molecule has 1 heterocycles. The molecule has 6 heteroatoms. The summed E-state index contributed by atoms with van der Waals surface area (Å²) in [6.45, 7) is 3.77. The van der Waals surface area contributed by atoms with Crippen molar-refractivity contribution in [3.63, 3.8) is 0 Å². The first-order valence-corrected chi connectivity index (χ1v) is 7.46. The van der Waals surface area contributed by atoms with Crippen LogP contribution in [-0.2, 0) is 6.54 Å². The van der Waals surface area contributed by atoms with Gasteiger partial charge in [0.25, 0.3) is 0 Å². The summed E-state index contributed by atoms with van der Waals surface area (Å²) >= 11 is 13.0. The van der Waals surface area contributed by atoms with Gasteiger partial charge in [-0.2, -0.15) is 0 Å². The fraction of sp³-hybridized carbons (Fsp3) is 0.250. The molecule has 3 nitrogen and oxygen atoms in total. The highest BCUT2D eigenvalue weighted by Crippen LogP contribution is 2.32. The van der Waals surface area contributed by atoms with Crippen molar-refractivity contribution in [1.82, 2.24) is 14.9 Å². The molecule has 96 valence electrons. The topological polar surface area (TPSA) is 29.9 Å². The lowest BCUT2D eigenvalue weighted by Crippen LogP contribution is -2.11. The summed E-state index contributed by atoms with van der Waals surface area (Å²) in [4.78, 5) is 4.36. The Morgan fingerprint density at radius 1 is 1.33 bits per heavy atom. The molecule has 0 saturated carbocycles. The van der Waals surface area contributed by atoms with E-state index in [1.807, 2.05) is 22.9 Å². The van der Waals surface area contributed by atoms with Gasteiger partial charge in [0.05, 0.1) is 17.7 Å². The molecule has 0 atom stereocenters. The zero-order valence-electron chi connectivity index (χ0n) is 9.75. The summed E-state index contributed by atoms with van der Waals surface area (Å²) in [5, 5.41) is 3.93. The Balaban J connectivity index is 2.34. The maximum Gasteiger partial charge on any atom is 0.0996 e. The second-order valence-corrected chi connectivity index (χ2v) is 5.92. The monoisotopic (exact) mass is 391 g/mol. The van der Waals surface area contributed by atoms with Crippen LogP contribution in [0.4, 0.5) is 0 Å². The lowest BCUT2D eigenvalue weighted by molar-refractivity contribution is 0.713. The number of aromatic nitrogens is 2. The van der Waals surface area contributed by atoms with E-state index < -0.39 is 0 Å². The van der Waals surface area contributed by atoms with E-state index >= 15 is 0 Å². The van der Waals surface area contributed by atoms with Gasteiger partial charge in [-0.25, -0.2) is 4.98 Å². The quantitative estimate of drug-likeness (QED) is 0.845. The molecule has 1 N–H and O–H groups in total. The second kappa shape index (κ2) is 6.19. The molecule has 2 rings (SSSR count). The van der Waals surface area contributed by atoms with Gasteiger partial charge >= 0.3 is 0 Å². The van der Waals surface area contributed by atoms with E-state index in [0.717, 1.165) is 33.4 Å². The van der Waals surface area contributed by atoms with Crippen LogP contribution in [0, 0.1) is 0 Å². The zero-order valence-corrected chi connectivity index (χ0v) is 13.7. The summed E-state index contributed by atoms with van der Waals surface area (Å²) < 4.78 is 3.82. The van der Waals surface area contributed by atoms with E-state index in [9.17, 15) is 0 Å². The van der Waals surface area contributed by atoms with Gasteiger partial charge in [-0.15, -0.1) is 0 Å². The smallest absolute Gasteiger partial charge is 0.0996 e. The van der Waals surface area contributed by atoms with Crippen LogP contribution in [0.1, 0.15) is 12.6 Å². The number of imidazole rings is 1. The number of rotatable bonds is 4. The van der Waals surface area contributed by atoms with E-state index in [0.29, 0.717) is 5.02 Å². The molecule has 0 aliphatic heterocycles. The van der Waals surface area contributed by atoms with Crippen LogP contribution in [0.5, 0.6) is 0 Å². The average Bonchev–Trinajstić information content (AvgIpc) is 2.73. The van der Waals surface area contributed by atoms with Gasteiger partial charge in [-0.1, -0.05) is 18.5 Å². The average molecular weight is 394 g/mol. The first-order valence-electron chi connectivity index (χ1n) is 5.50. The fourth-order valence-electron chi connectivity index (χ4n) is 1.61. The number of hydrogen-bond acceptors (Lipinski definition) is 2. The van der Waals surface area contributed by atoms with Gasteiger partial charge < -0.3 is 9.88 Å². The van der Waals surface area contributed by atoms with Crippen LogP contribution in [0.15, 0.2) is 33.6 Å². The minimum absolute atomic E-state index is 0.686. The number of hydrogen-bond donors (Lipinski definition) is 1. The summed E-state index contributed by atoms with van der Waals surface area (Å²) in [6, 6.07) is 3.73. The third kappa shape index (κ3) is 3.15. The predicted octanol–water partition coefficient (Wildman–Crippen LogP) is 4.16. The Labute approximate surface area is 128 Å². The van der Waals surface area contributed by atoms with E-state index in [-0.39, 0.29) is 0 Å². The summed E-state index contributed by atoms with van der Waals surface area (Å²) in [7, 11) is 0. The number of halogens is 3. The fourth-order valence-corrected chi connectivity index (χ4v) is 3.69. The third-order valence-electron chi connectivity index (χ3n) is 2.43. The maximum absolute atomic E-state index is 5.99. The minimum atomic E-state index is 0.686. The molecule has 1 aromatic carbocycles. The number of benzene rings is 1. The Morgan fingerprint density at radius 3 is 2.61 bits per heavy atom. The molecule has 0 bridgehead atoms. The molecule has 1 aromatic heterocycles. The lowest BCUT2D eigenvalue weighted by atomic mass is 10.3. The van der Waals surface area contributed by atoms with Crippen molar-refractivity contribution in [2.45, 2.75) is 13.5 Å². The standard InChI is InChI=1S/C12H12Br2ClN3/c1-2-16-5-9-6-18(7-17-9)12-10(13)3-8(15)4-11(12)14/h3-4,6-7,16H,2,5H2,1H3. The zero-order chi connectivity index (χ0) is 13.1. The van der Waals surface area contributed by atoms with E-state index in [2.05, 4.69) is 49.1 Å². The molecule has 0 fully saturated rings. The van der Waals surface area contributed by atoms with E-state index in [1.165, 1.54) is 0 Å². The molecule has 0 unspecified atom stereocenters. The Bertz CT molecular complexity index is 531.